The molecule has 2 aromatic heterocycles. The molecular weight excluding hydrogens is 472 g/mol. The smallest absolute Gasteiger partial charge is 0.388 e. The quantitative estimate of drug-likeness (QED) is 0.436. The number of hydrogen-bond acceptors (Lipinski definition) is 4. The van der Waals surface area contributed by atoms with Gasteiger partial charge in [-0.1, -0.05) is 27.7 Å². The van der Waals surface area contributed by atoms with Crippen LogP contribution in [-0.4, -0.2) is 20.7 Å². The second kappa shape index (κ2) is 8.22. The summed E-state index contributed by atoms with van der Waals surface area (Å²) in [7, 11) is 0. The zero-order chi connectivity index (χ0) is 26.3. The van der Waals surface area contributed by atoms with Crippen LogP contribution in [-0.2, 0) is 22.9 Å². The molecule has 1 fully saturated rings. The molecule has 1 aliphatic heterocycles. The second-order valence-corrected chi connectivity index (χ2v) is 12.2. The Hall–Kier alpha value is -2.06. The number of halogens is 4. The molecule has 2 atom stereocenters. The Labute approximate surface area is 209 Å². The predicted octanol–water partition coefficient (Wildman–Crippen LogP) is 7.24. The second-order valence-electron chi connectivity index (χ2n) is 12.2. The van der Waals surface area contributed by atoms with E-state index in [1.54, 1.807) is 6.92 Å². The van der Waals surface area contributed by atoms with Crippen LogP contribution in [0.3, 0.4) is 0 Å². The van der Waals surface area contributed by atoms with Crippen molar-refractivity contribution in [1.29, 1.82) is 0 Å². The molecule has 0 radical (unpaired) electrons. The minimum absolute atomic E-state index is 0.0111. The van der Waals surface area contributed by atoms with E-state index in [9.17, 15) is 22.7 Å². The van der Waals surface area contributed by atoms with Gasteiger partial charge >= 0.3 is 6.18 Å². The highest BCUT2D eigenvalue weighted by Crippen LogP contribution is 2.59. The third-order valence-corrected chi connectivity index (χ3v) is 8.20. The lowest BCUT2D eigenvalue weighted by molar-refractivity contribution is -0.138. The maximum atomic E-state index is 14.9. The molecule has 0 bridgehead atoms. The van der Waals surface area contributed by atoms with Gasteiger partial charge in [0.15, 0.2) is 0 Å². The molecule has 5 rings (SSSR count). The monoisotopic (exact) mass is 506 g/mol. The third-order valence-electron chi connectivity index (χ3n) is 8.20. The number of nitrogens with zero attached hydrogens (tertiary/aromatic N) is 2. The topological polar surface area (TPSA) is 55.2 Å². The summed E-state index contributed by atoms with van der Waals surface area (Å²) in [4.78, 5) is 9.23. The first-order chi connectivity index (χ1) is 16.6. The van der Waals surface area contributed by atoms with E-state index in [4.69, 9.17) is 9.72 Å². The van der Waals surface area contributed by atoms with Gasteiger partial charge in [0.25, 0.3) is 0 Å². The van der Waals surface area contributed by atoms with Crippen LogP contribution >= 0.6 is 0 Å². The predicted molar refractivity (Wildman–Crippen MR) is 127 cm³/mol. The Kier molecular flexibility index (Phi) is 5.84. The van der Waals surface area contributed by atoms with Crippen LogP contribution in [0.15, 0.2) is 18.3 Å². The van der Waals surface area contributed by atoms with E-state index in [-0.39, 0.29) is 11.3 Å². The van der Waals surface area contributed by atoms with Crippen molar-refractivity contribution in [1.82, 2.24) is 9.97 Å². The number of aliphatic hydroxyl groups excluding tert-OH is 1. The summed E-state index contributed by atoms with van der Waals surface area (Å²) in [5.41, 5.74) is 1.35. The molecule has 1 saturated carbocycles. The van der Waals surface area contributed by atoms with Gasteiger partial charge < -0.3 is 9.84 Å². The Morgan fingerprint density at radius 2 is 1.72 bits per heavy atom. The first kappa shape index (κ1) is 25.6. The van der Waals surface area contributed by atoms with E-state index in [1.807, 2.05) is 13.8 Å². The molecule has 0 saturated heterocycles. The number of fused-ring (bicyclic) bond motifs is 4. The van der Waals surface area contributed by atoms with Crippen molar-refractivity contribution < 1.29 is 27.4 Å². The molecule has 3 aliphatic rings. The van der Waals surface area contributed by atoms with Crippen molar-refractivity contribution in [2.75, 3.05) is 0 Å². The van der Waals surface area contributed by atoms with E-state index in [1.165, 1.54) is 6.07 Å². The van der Waals surface area contributed by atoms with Gasteiger partial charge in [-0.3, -0.25) is 9.97 Å². The van der Waals surface area contributed by atoms with Gasteiger partial charge in [0.1, 0.15) is 11.8 Å². The van der Waals surface area contributed by atoms with Gasteiger partial charge in [-0.25, -0.2) is 4.39 Å². The largest absolute Gasteiger partial charge is 0.417 e. The van der Waals surface area contributed by atoms with Crippen LogP contribution in [0.2, 0.25) is 0 Å². The van der Waals surface area contributed by atoms with Gasteiger partial charge in [0.05, 0.1) is 23.0 Å². The average molecular weight is 507 g/mol. The van der Waals surface area contributed by atoms with E-state index in [0.29, 0.717) is 44.2 Å². The maximum Gasteiger partial charge on any atom is 0.417 e. The minimum atomic E-state index is -4.49. The number of pyridine rings is 2. The van der Waals surface area contributed by atoms with Crippen LogP contribution in [0.4, 0.5) is 17.6 Å². The molecule has 1 N–H and O–H groups in total. The van der Waals surface area contributed by atoms with Crippen LogP contribution < -0.4 is 0 Å². The summed E-state index contributed by atoms with van der Waals surface area (Å²) in [5.74, 6) is 0.0111. The number of aromatic nitrogens is 2. The van der Waals surface area contributed by atoms with Gasteiger partial charge in [-0.05, 0) is 74.5 Å². The summed E-state index contributed by atoms with van der Waals surface area (Å²) in [6.07, 6.45) is -2.42. The van der Waals surface area contributed by atoms with E-state index >= 15 is 0 Å². The summed E-state index contributed by atoms with van der Waals surface area (Å²) < 4.78 is 61.4. The molecule has 2 aliphatic carbocycles. The number of rotatable bonds is 2. The summed E-state index contributed by atoms with van der Waals surface area (Å²) in [5, 5.41) is 11.4. The van der Waals surface area contributed by atoms with Gasteiger partial charge in [-0.15, -0.1) is 0 Å². The van der Waals surface area contributed by atoms with Gasteiger partial charge in [0, 0.05) is 28.7 Å². The van der Waals surface area contributed by atoms with Crippen LogP contribution in [0.1, 0.15) is 124 Å². The van der Waals surface area contributed by atoms with E-state index in [2.05, 4.69) is 18.8 Å². The maximum absolute atomic E-state index is 14.9. The Balaban J connectivity index is 1.73. The Bertz CT molecular complexity index is 1160. The third kappa shape index (κ3) is 4.24. The lowest BCUT2D eigenvalue weighted by Crippen LogP contribution is -2.39. The van der Waals surface area contributed by atoms with Gasteiger partial charge in [0.2, 0.25) is 0 Å². The fourth-order valence-corrected chi connectivity index (χ4v) is 6.35. The molecule has 0 amide bonds. The molecule has 3 heterocycles. The van der Waals surface area contributed by atoms with Crippen molar-refractivity contribution in [3.05, 3.63) is 57.7 Å². The van der Waals surface area contributed by atoms with Crippen LogP contribution in [0.25, 0.3) is 0 Å². The highest BCUT2D eigenvalue weighted by Gasteiger charge is 2.54. The minimum Gasteiger partial charge on any atom is -0.388 e. The fraction of sp³-hybridized carbons (Fsp3) is 0.643. The zero-order valence-corrected chi connectivity index (χ0v) is 21.5. The molecular formula is C28H34F4N2O2. The highest BCUT2D eigenvalue weighted by atomic mass is 19.4. The van der Waals surface area contributed by atoms with Crippen molar-refractivity contribution in [3.63, 3.8) is 0 Å². The molecule has 2 aromatic rings. The average Bonchev–Trinajstić information content (AvgIpc) is 3.09. The number of hydrogen-bond donors (Lipinski definition) is 1. The fourth-order valence-electron chi connectivity index (χ4n) is 6.35. The molecule has 2 unspecified atom stereocenters. The molecule has 4 nitrogen and oxygen atoms in total. The number of aliphatic hydroxyl groups is 1. The summed E-state index contributed by atoms with van der Waals surface area (Å²) in [6.45, 7) is 9.88. The van der Waals surface area contributed by atoms with Crippen molar-refractivity contribution >= 4 is 0 Å². The Morgan fingerprint density at radius 1 is 1.06 bits per heavy atom. The number of alkyl halides is 4. The summed E-state index contributed by atoms with van der Waals surface area (Å²) >= 11 is 0. The summed E-state index contributed by atoms with van der Waals surface area (Å²) in [6, 6.07) is 2.38. The number of ether oxygens (including phenoxy) is 1. The molecule has 1 spiro atoms. The van der Waals surface area contributed by atoms with E-state index < -0.39 is 35.2 Å². The van der Waals surface area contributed by atoms with Crippen LogP contribution in [0.5, 0.6) is 0 Å². The van der Waals surface area contributed by atoms with Crippen molar-refractivity contribution in [3.8, 4) is 0 Å². The van der Waals surface area contributed by atoms with Crippen molar-refractivity contribution in [2.24, 2.45) is 5.41 Å². The molecule has 8 heteroatoms. The first-order valence-electron chi connectivity index (χ1n) is 12.8. The zero-order valence-electron chi connectivity index (χ0n) is 21.5. The molecule has 0 aromatic carbocycles. The first-order valence-corrected chi connectivity index (χ1v) is 12.8. The van der Waals surface area contributed by atoms with Crippen LogP contribution in [0, 0.1) is 5.41 Å². The van der Waals surface area contributed by atoms with Crippen molar-refractivity contribution in [2.45, 2.75) is 109 Å². The SMILES string of the molecule is CC(C)c1nc2c(c3c1C(c1ccc(C(F)(F)F)cn1)OC31CCC(C)(F)CC1)C(O)CC(C)(C)C2. The standard InChI is InChI=1S/C28H34F4N2O2/c1-15(2)23-21-22(20-18(34-23)12-25(3,4)13-19(20)35)27(10-8-26(5,29)9-11-27)36-24(21)17-7-6-16(14-33-17)28(30,31)32/h6-7,14-15,19,24,35H,8-13H2,1-5H3. The highest BCUT2D eigenvalue weighted by molar-refractivity contribution is 5.54. The normalized spacial score (nSPS) is 31.5. The lowest BCUT2D eigenvalue weighted by atomic mass is 9.67. The lowest BCUT2D eigenvalue weighted by Gasteiger charge is -2.42. The molecule has 196 valence electrons. The van der Waals surface area contributed by atoms with Gasteiger partial charge in [-0.2, -0.15) is 13.2 Å². The van der Waals surface area contributed by atoms with E-state index in [0.717, 1.165) is 40.3 Å². The molecule has 36 heavy (non-hydrogen) atoms. The Morgan fingerprint density at radius 3 is 2.28 bits per heavy atom.